The van der Waals surface area contributed by atoms with Crippen molar-refractivity contribution in [3.05, 3.63) is 54.0 Å². The standard InChI is InChI=1S/C13H11N3/c1-3-10(14-7-1)9-11-5-6-13(16-11)12-4-2-8-15-12/h1-9,15-16H. The quantitative estimate of drug-likeness (QED) is 0.763. The van der Waals surface area contributed by atoms with E-state index in [1.807, 2.05) is 42.6 Å². The van der Waals surface area contributed by atoms with Gasteiger partial charge in [0.2, 0.25) is 0 Å². The van der Waals surface area contributed by atoms with Crippen LogP contribution in [-0.2, 0) is 0 Å². The molecule has 0 bridgehead atoms. The largest absolute Gasteiger partial charge is 0.360 e. The predicted molar refractivity (Wildman–Crippen MR) is 66.2 cm³/mol. The summed E-state index contributed by atoms with van der Waals surface area (Å²) in [5.74, 6) is 0. The van der Waals surface area contributed by atoms with Crippen LogP contribution in [0.1, 0.15) is 5.69 Å². The van der Waals surface area contributed by atoms with E-state index in [2.05, 4.69) is 21.0 Å². The van der Waals surface area contributed by atoms with Gasteiger partial charge in [-0.15, -0.1) is 0 Å². The highest BCUT2D eigenvalue weighted by Crippen LogP contribution is 2.18. The first-order valence-electron chi connectivity index (χ1n) is 5.17. The number of hydrogen-bond donors (Lipinski definition) is 2. The number of nitrogens with zero attached hydrogens (tertiary/aromatic N) is 1. The van der Waals surface area contributed by atoms with Crippen LogP contribution in [0.3, 0.4) is 0 Å². The van der Waals surface area contributed by atoms with Crippen LogP contribution in [0.5, 0.6) is 0 Å². The van der Waals surface area contributed by atoms with Crippen LogP contribution in [0.4, 0.5) is 0 Å². The van der Waals surface area contributed by atoms with E-state index in [0.29, 0.717) is 0 Å². The molecule has 78 valence electrons. The lowest BCUT2D eigenvalue weighted by Crippen LogP contribution is -1.77. The van der Waals surface area contributed by atoms with Gasteiger partial charge in [0.15, 0.2) is 0 Å². The van der Waals surface area contributed by atoms with Crippen LogP contribution in [0.2, 0.25) is 0 Å². The molecule has 0 aromatic carbocycles. The van der Waals surface area contributed by atoms with Crippen molar-refractivity contribution in [2.45, 2.75) is 0 Å². The van der Waals surface area contributed by atoms with Gasteiger partial charge < -0.3 is 9.97 Å². The van der Waals surface area contributed by atoms with Gasteiger partial charge in [0.1, 0.15) is 0 Å². The minimum atomic E-state index is 0.972. The molecular weight excluding hydrogens is 198 g/mol. The molecule has 0 atom stereocenters. The molecule has 3 heteroatoms. The lowest BCUT2D eigenvalue weighted by Gasteiger charge is -1.92. The molecule has 2 N–H and O–H groups in total. The molecule has 3 rings (SSSR count). The van der Waals surface area contributed by atoms with Gasteiger partial charge in [-0.3, -0.25) is 4.99 Å². The van der Waals surface area contributed by atoms with Gasteiger partial charge in [-0.05, 0) is 42.5 Å². The van der Waals surface area contributed by atoms with E-state index in [1.165, 1.54) is 0 Å². The SMILES string of the molecule is C1=CC(=Cc2ccc(-c3ccc[nH]3)[nH]2)N=C1. The first kappa shape index (κ1) is 8.97. The number of allylic oxidation sites excluding steroid dienone is 2. The lowest BCUT2D eigenvalue weighted by atomic mass is 10.3. The van der Waals surface area contributed by atoms with Crippen LogP contribution >= 0.6 is 0 Å². The number of aromatic nitrogens is 2. The molecule has 0 saturated heterocycles. The highest BCUT2D eigenvalue weighted by molar-refractivity contribution is 5.79. The van der Waals surface area contributed by atoms with Crippen molar-refractivity contribution < 1.29 is 0 Å². The molecule has 2 aromatic rings. The Balaban J connectivity index is 1.91. The van der Waals surface area contributed by atoms with Crippen molar-refractivity contribution in [2.75, 3.05) is 0 Å². The molecule has 0 fully saturated rings. The van der Waals surface area contributed by atoms with Gasteiger partial charge in [-0.25, -0.2) is 0 Å². The Morgan fingerprint density at radius 3 is 2.88 bits per heavy atom. The fraction of sp³-hybridized carbons (Fsp3) is 0. The zero-order valence-corrected chi connectivity index (χ0v) is 8.64. The number of aliphatic imine (C=N–C) groups is 1. The Labute approximate surface area is 93.2 Å². The zero-order chi connectivity index (χ0) is 10.8. The summed E-state index contributed by atoms with van der Waals surface area (Å²) in [4.78, 5) is 10.7. The Morgan fingerprint density at radius 2 is 2.12 bits per heavy atom. The number of nitrogens with one attached hydrogen (secondary N) is 2. The topological polar surface area (TPSA) is 43.9 Å². The Bertz CT molecular complexity index is 554. The van der Waals surface area contributed by atoms with E-state index < -0.39 is 0 Å². The maximum atomic E-state index is 4.20. The molecule has 2 aromatic heterocycles. The van der Waals surface area contributed by atoms with Gasteiger partial charge in [0, 0.05) is 18.1 Å². The maximum absolute atomic E-state index is 4.20. The molecule has 0 spiro atoms. The highest BCUT2D eigenvalue weighted by Gasteiger charge is 2.01. The summed E-state index contributed by atoms with van der Waals surface area (Å²) in [6, 6.07) is 8.13. The van der Waals surface area contributed by atoms with Crippen LogP contribution in [0, 0.1) is 0 Å². The number of hydrogen-bond acceptors (Lipinski definition) is 1. The highest BCUT2D eigenvalue weighted by atomic mass is 14.8. The monoisotopic (exact) mass is 209 g/mol. The number of aromatic amines is 2. The van der Waals surface area contributed by atoms with Crippen molar-refractivity contribution in [3.63, 3.8) is 0 Å². The minimum absolute atomic E-state index is 0.972. The van der Waals surface area contributed by atoms with Crippen LogP contribution in [0.25, 0.3) is 17.5 Å². The summed E-state index contributed by atoms with van der Waals surface area (Å²) >= 11 is 0. The molecule has 0 amide bonds. The second kappa shape index (κ2) is 3.70. The summed E-state index contributed by atoms with van der Waals surface area (Å²) in [5, 5.41) is 0. The van der Waals surface area contributed by atoms with Gasteiger partial charge in [0.05, 0.1) is 17.1 Å². The smallest absolute Gasteiger partial charge is 0.0650 e. The Kier molecular flexibility index (Phi) is 2.07. The van der Waals surface area contributed by atoms with E-state index in [-0.39, 0.29) is 0 Å². The molecule has 0 aliphatic carbocycles. The average molecular weight is 209 g/mol. The molecule has 0 radical (unpaired) electrons. The van der Waals surface area contributed by atoms with Gasteiger partial charge in [-0.1, -0.05) is 0 Å². The van der Waals surface area contributed by atoms with Gasteiger partial charge in [0.25, 0.3) is 0 Å². The van der Waals surface area contributed by atoms with Crippen LogP contribution in [0.15, 0.2) is 53.3 Å². The van der Waals surface area contributed by atoms with Crippen LogP contribution < -0.4 is 0 Å². The second-order valence-electron chi connectivity index (χ2n) is 3.62. The summed E-state index contributed by atoms with van der Waals surface area (Å²) in [5.41, 5.74) is 4.21. The van der Waals surface area contributed by atoms with E-state index in [0.717, 1.165) is 22.8 Å². The Morgan fingerprint density at radius 1 is 1.12 bits per heavy atom. The first-order chi connectivity index (χ1) is 7.92. The Hall–Kier alpha value is -2.29. The molecule has 3 nitrogen and oxygen atoms in total. The molecule has 3 heterocycles. The summed E-state index contributed by atoms with van der Waals surface area (Å²) in [6.07, 6.45) is 9.64. The van der Waals surface area contributed by atoms with Crippen molar-refractivity contribution in [2.24, 2.45) is 4.99 Å². The summed E-state index contributed by atoms with van der Waals surface area (Å²) < 4.78 is 0. The molecule has 1 aliphatic heterocycles. The van der Waals surface area contributed by atoms with E-state index in [9.17, 15) is 0 Å². The normalized spacial score (nSPS) is 16.4. The summed E-state index contributed by atoms with van der Waals surface area (Å²) in [7, 11) is 0. The zero-order valence-electron chi connectivity index (χ0n) is 8.64. The number of rotatable bonds is 2. The predicted octanol–water partition coefficient (Wildman–Crippen LogP) is 2.99. The molecule has 16 heavy (non-hydrogen) atoms. The van der Waals surface area contributed by atoms with Gasteiger partial charge >= 0.3 is 0 Å². The third-order valence-corrected chi connectivity index (χ3v) is 2.48. The molecule has 1 aliphatic rings. The van der Waals surface area contributed by atoms with Crippen molar-refractivity contribution in [1.82, 2.24) is 9.97 Å². The molecular formula is C13H11N3. The third kappa shape index (κ3) is 1.63. The van der Waals surface area contributed by atoms with Gasteiger partial charge in [-0.2, -0.15) is 0 Å². The fourth-order valence-electron chi connectivity index (χ4n) is 1.71. The fourth-order valence-corrected chi connectivity index (χ4v) is 1.71. The number of H-pyrrole nitrogens is 2. The summed E-state index contributed by atoms with van der Waals surface area (Å²) in [6.45, 7) is 0. The molecule has 0 saturated carbocycles. The second-order valence-corrected chi connectivity index (χ2v) is 3.62. The van der Waals surface area contributed by atoms with Crippen LogP contribution in [-0.4, -0.2) is 16.2 Å². The van der Waals surface area contributed by atoms with E-state index >= 15 is 0 Å². The van der Waals surface area contributed by atoms with Crippen molar-refractivity contribution in [1.29, 1.82) is 0 Å². The van der Waals surface area contributed by atoms with Crippen molar-refractivity contribution >= 4 is 12.3 Å². The maximum Gasteiger partial charge on any atom is 0.0650 e. The third-order valence-electron chi connectivity index (χ3n) is 2.48. The first-order valence-corrected chi connectivity index (χ1v) is 5.17. The van der Waals surface area contributed by atoms with E-state index in [1.54, 1.807) is 6.21 Å². The minimum Gasteiger partial charge on any atom is -0.360 e. The van der Waals surface area contributed by atoms with Crippen molar-refractivity contribution in [3.8, 4) is 11.4 Å². The van der Waals surface area contributed by atoms with E-state index in [4.69, 9.17) is 0 Å². The average Bonchev–Trinajstić information content (AvgIpc) is 2.99. The molecule has 0 unspecified atom stereocenters. The lowest BCUT2D eigenvalue weighted by molar-refractivity contribution is 1.31.